The number of hydrogen-bond acceptors (Lipinski definition) is 5. The first-order chi connectivity index (χ1) is 8.24. The van der Waals surface area contributed by atoms with Gasteiger partial charge in [-0.1, -0.05) is 6.92 Å². The lowest BCUT2D eigenvalue weighted by Crippen LogP contribution is -2.46. The number of aromatic nitrogens is 2. The highest BCUT2D eigenvalue weighted by Crippen LogP contribution is 2.26. The second-order valence-corrected chi connectivity index (χ2v) is 4.63. The van der Waals surface area contributed by atoms with Gasteiger partial charge in [-0.15, -0.1) is 0 Å². The molecule has 1 fully saturated rings. The van der Waals surface area contributed by atoms with E-state index < -0.39 is 0 Å². The van der Waals surface area contributed by atoms with E-state index in [4.69, 9.17) is 10.5 Å². The van der Waals surface area contributed by atoms with Gasteiger partial charge in [-0.3, -0.25) is 4.98 Å². The molecule has 1 aromatic rings. The van der Waals surface area contributed by atoms with Crippen molar-refractivity contribution in [3.05, 3.63) is 12.4 Å². The van der Waals surface area contributed by atoms with E-state index in [0.717, 1.165) is 24.7 Å². The molecule has 0 bridgehead atoms. The second-order valence-electron chi connectivity index (χ2n) is 4.63. The SMILES string of the molecule is COc1cncc(N2CCC(C)CC2CN)n1. The number of piperidine rings is 1. The summed E-state index contributed by atoms with van der Waals surface area (Å²) in [5, 5.41) is 0. The molecule has 1 aliphatic rings. The first kappa shape index (κ1) is 12.1. The van der Waals surface area contributed by atoms with Crippen LogP contribution in [0.15, 0.2) is 12.4 Å². The average Bonchev–Trinajstić information content (AvgIpc) is 2.38. The van der Waals surface area contributed by atoms with Crippen molar-refractivity contribution >= 4 is 5.82 Å². The Balaban J connectivity index is 2.19. The van der Waals surface area contributed by atoms with Crippen LogP contribution in [0.25, 0.3) is 0 Å². The maximum Gasteiger partial charge on any atom is 0.233 e. The third-order valence-electron chi connectivity index (χ3n) is 3.35. The third-order valence-corrected chi connectivity index (χ3v) is 3.35. The summed E-state index contributed by atoms with van der Waals surface area (Å²) in [6, 6.07) is 0.361. The maximum atomic E-state index is 5.84. The minimum absolute atomic E-state index is 0.361. The molecular weight excluding hydrogens is 216 g/mol. The van der Waals surface area contributed by atoms with Crippen LogP contribution in [0, 0.1) is 5.92 Å². The molecule has 1 aromatic heterocycles. The van der Waals surface area contributed by atoms with Crippen LogP contribution >= 0.6 is 0 Å². The number of methoxy groups -OCH3 is 1. The van der Waals surface area contributed by atoms with Crippen LogP contribution < -0.4 is 15.4 Å². The fraction of sp³-hybridized carbons (Fsp3) is 0.667. The lowest BCUT2D eigenvalue weighted by atomic mass is 9.92. The number of hydrogen-bond donors (Lipinski definition) is 1. The molecule has 2 atom stereocenters. The standard InChI is InChI=1S/C12H20N4O/c1-9-3-4-16(10(5-9)6-13)11-7-14-8-12(15-11)17-2/h7-10H,3-6,13H2,1-2H3. The molecule has 2 rings (SSSR count). The summed E-state index contributed by atoms with van der Waals surface area (Å²) in [6.07, 6.45) is 5.69. The van der Waals surface area contributed by atoms with Crippen LogP contribution in [0.1, 0.15) is 19.8 Å². The third kappa shape index (κ3) is 2.66. The predicted molar refractivity (Wildman–Crippen MR) is 67.2 cm³/mol. The molecule has 0 spiro atoms. The Bertz CT molecular complexity index is 371. The van der Waals surface area contributed by atoms with Gasteiger partial charge in [0.05, 0.1) is 19.5 Å². The zero-order valence-electron chi connectivity index (χ0n) is 10.5. The zero-order valence-corrected chi connectivity index (χ0v) is 10.5. The molecule has 2 unspecified atom stereocenters. The van der Waals surface area contributed by atoms with E-state index in [0.29, 0.717) is 18.5 Å². The molecule has 0 radical (unpaired) electrons. The van der Waals surface area contributed by atoms with Crippen molar-refractivity contribution in [2.45, 2.75) is 25.8 Å². The van der Waals surface area contributed by atoms with Gasteiger partial charge >= 0.3 is 0 Å². The Hall–Kier alpha value is -1.36. The predicted octanol–water partition coefficient (Wildman–Crippen LogP) is 1.05. The van der Waals surface area contributed by atoms with Gasteiger partial charge < -0.3 is 15.4 Å². The van der Waals surface area contributed by atoms with Gasteiger partial charge in [-0.05, 0) is 18.8 Å². The van der Waals surface area contributed by atoms with E-state index in [2.05, 4.69) is 21.8 Å². The highest BCUT2D eigenvalue weighted by Gasteiger charge is 2.26. The van der Waals surface area contributed by atoms with Crippen LogP contribution in [0.5, 0.6) is 5.88 Å². The first-order valence-corrected chi connectivity index (χ1v) is 6.07. The van der Waals surface area contributed by atoms with Gasteiger partial charge in [0.25, 0.3) is 0 Å². The first-order valence-electron chi connectivity index (χ1n) is 6.07. The largest absolute Gasteiger partial charge is 0.480 e. The van der Waals surface area contributed by atoms with Gasteiger partial charge in [0.1, 0.15) is 0 Å². The minimum Gasteiger partial charge on any atom is -0.480 e. The van der Waals surface area contributed by atoms with Crippen LogP contribution in [0.2, 0.25) is 0 Å². The Morgan fingerprint density at radius 1 is 1.53 bits per heavy atom. The van der Waals surface area contributed by atoms with Gasteiger partial charge in [0.2, 0.25) is 5.88 Å². The van der Waals surface area contributed by atoms with Crippen molar-refractivity contribution in [2.24, 2.45) is 11.7 Å². The fourth-order valence-electron chi connectivity index (χ4n) is 2.35. The molecular formula is C12H20N4O. The summed E-state index contributed by atoms with van der Waals surface area (Å²) in [4.78, 5) is 10.8. The lowest BCUT2D eigenvalue weighted by molar-refractivity contribution is 0.360. The number of rotatable bonds is 3. The molecule has 1 aliphatic heterocycles. The summed E-state index contributed by atoms with van der Waals surface area (Å²) in [5.41, 5.74) is 5.84. The van der Waals surface area contributed by atoms with E-state index in [1.54, 1.807) is 19.5 Å². The van der Waals surface area contributed by atoms with Crippen molar-refractivity contribution in [1.82, 2.24) is 9.97 Å². The summed E-state index contributed by atoms with van der Waals surface area (Å²) in [7, 11) is 1.60. The molecule has 0 aliphatic carbocycles. The Labute approximate surface area is 102 Å². The molecule has 0 amide bonds. The molecule has 94 valence electrons. The van der Waals surface area contributed by atoms with Crippen molar-refractivity contribution in [2.75, 3.05) is 25.1 Å². The van der Waals surface area contributed by atoms with Crippen LogP contribution in [0.3, 0.4) is 0 Å². The molecule has 17 heavy (non-hydrogen) atoms. The summed E-state index contributed by atoms with van der Waals surface area (Å²) in [5.74, 6) is 2.15. The molecule has 2 N–H and O–H groups in total. The topological polar surface area (TPSA) is 64.3 Å². The second kappa shape index (κ2) is 5.31. The van der Waals surface area contributed by atoms with Crippen LogP contribution in [0.4, 0.5) is 5.82 Å². The zero-order chi connectivity index (χ0) is 12.3. The van der Waals surface area contributed by atoms with Crippen molar-refractivity contribution in [3.8, 4) is 5.88 Å². The lowest BCUT2D eigenvalue weighted by Gasteiger charge is -2.38. The molecule has 2 heterocycles. The van der Waals surface area contributed by atoms with Gasteiger partial charge in [0.15, 0.2) is 5.82 Å². The van der Waals surface area contributed by atoms with E-state index in [1.807, 2.05) is 0 Å². The Morgan fingerprint density at radius 3 is 3.06 bits per heavy atom. The van der Waals surface area contributed by atoms with Gasteiger partial charge in [0, 0.05) is 19.1 Å². The van der Waals surface area contributed by atoms with Gasteiger partial charge in [-0.25, -0.2) is 0 Å². The number of nitrogens with two attached hydrogens (primary N) is 1. The van der Waals surface area contributed by atoms with Crippen LogP contribution in [-0.4, -0.2) is 36.2 Å². The molecule has 0 aromatic carbocycles. The van der Waals surface area contributed by atoms with E-state index in [1.165, 1.54) is 6.42 Å². The van der Waals surface area contributed by atoms with Crippen molar-refractivity contribution < 1.29 is 4.74 Å². The van der Waals surface area contributed by atoms with Gasteiger partial charge in [-0.2, -0.15) is 4.98 Å². The van der Waals surface area contributed by atoms with Crippen LogP contribution in [-0.2, 0) is 0 Å². The highest BCUT2D eigenvalue weighted by molar-refractivity contribution is 5.39. The normalized spacial score (nSPS) is 24.8. The van der Waals surface area contributed by atoms with Crippen molar-refractivity contribution in [3.63, 3.8) is 0 Å². The number of ether oxygens (including phenoxy) is 1. The molecule has 0 saturated carbocycles. The monoisotopic (exact) mass is 236 g/mol. The van der Waals surface area contributed by atoms with E-state index >= 15 is 0 Å². The number of nitrogens with zero attached hydrogens (tertiary/aromatic N) is 3. The van der Waals surface area contributed by atoms with Crippen molar-refractivity contribution in [1.29, 1.82) is 0 Å². The van der Waals surface area contributed by atoms with E-state index in [9.17, 15) is 0 Å². The Morgan fingerprint density at radius 2 is 2.35 bits per heavy atom. The molecule has 5 heteroatoms. The number of anilines is 1. The minimum atomic E-state index is 0.361. The highest BCUT2D eigenvalue weighted by atomic mass is 16.5. The fourth-order valence-corrected chi connectivity index (χ4v) is 2.35. The summed E-state index contributed by atoms with van der Waals surface area (Å²) < 4.78 is 5.10. The average molecular weight is 236 g/mol. The molecule has 5 nitrogen and oxygen atoms in total. The molecule has 1 saturated heterocycles. The summed E-state index contributed by atoms with van der Waals surface area (Å²) in [6.45, 7) is 3.92. The quantitative estimate of drug-likeness (QED) is 0.849. The summed E-state index contributed by atoms with van der Waals surface area (Å²) >= 11 is 0. The van der Waals surface area contributed by atoms with E-state index in [-0.39, 0.29) is 0 Å². The smallest absolute Gasteiger partial charge is 0.233 e. The maximum absolute atomic E-state index is 5.84. The Kier molecular flexibility index (Phi) is 3.78.